The Kier molecular flexibility index (Phi) is 18.7. The Morgan fingerprint density at radius 2 is 1.06 bits per heavy atom. The van der Waals surface area contributed by atoms with E-state index in [2.05, 4.69) is 0 Å². The molecule has 0 amide bonds. The molecular formula is C12H24O5. The van der Waals surface area contributed by atoms with Crippen LogP contribution >= 0.6 is 0 Å². The fourth-order valence-electron chi connectivity index (χ4n) is 0.575. The lowest BCUT2D eigenvalue weighted by molar-refractivity contribution is -0.120. The molecule has 0 rings (SSSR count). The van der Waals surface area contributed by atoms with E-state index in [0.717, 1.165) is 6.42 Å². The molecule has 0 unspecified atom stereocenters. The Bertz CT molecular complexity index is 207. The van der Waals surface area contributed by atoms with E-state index in [0.29, 0.717) is 5.92 Å². The molecule has 0 spiro atoms. The molecule has 0 atom stereocenters. The molecular weight excluding hydrogens is 224 g/mol. The van der Waals surface area contributed by atoms with Gasteiger partial charge < -0.3 is 15.0 Å². The molecule has 0 fully saturated rings. The van der Waals surface area contributed by atoms with Gasteiger partial charge in [0, 0.05) is 6.42 Å². The number of hydrogen-bond acceptors (Lipinski definition) is 5. The molecule has 0 heterocycles. The first-order valence-corrected chi connectivity index (χ1v) is 5.37. The Labute approximate surface area is 103 Å². The lowest BCUT2D eigenvalue weighted by atomic mass is 10.1. The van der Waals surface area contributed by atoms with Crippen molar-refractivity contribution in [1.82, 2.24) is 0 Å². The Hall–Kier alpha value is -1.07. The first-order valence-electron chi connectivity index (χ1n) is 5.37. The van der Waals surface area contributed by atoms with Gasteiger partial charge in [0.15, 0.2) is 11.6 Å². The van der Waals surface area contributed by atoms with E-state index in [-0.39, 0.29) is 30.6 Å². The van der Waals surface area contributed by atoms with Crippen molar-refractivity contribution in [3.63, 3.8) is 0 Å². The molecule has 102 valence electrons. The molecule has 0 saturated carbocycles. The molecule has 2 N–H and O–H groups in total. The minimum absolute atomic E-state index is 0.190. The van der Waals surface area contributed by atoms with Gasteiger partial charge in [-0.2, -0.15) is 0 Å². The third-order valence-corrected chi connectivity index (χ3v) is 1.14. The van der Waals surface area contributed by atoms with E-state index in [4.69, 9.17) is 10.2 Å². The molecule has 0 aliphatic heterocycles. The Morgan fingerprint density at radius 3 is 1.06 bits per heavy atom. The van der Waals surface area contributed by atoms with E-state index in [9.17, 15) is 14.4 Å². The van der Waals surface area contributed by atoms with Crippen molar-refractivity contribution in [3.8, 4) is 0 Å². The molecule has 0 aromatic heterocycles. The van der Waals surface area contributed by atoms with Crippen LogP contribution in [-0.4, -0.2) is 40.8 Å². The monoisotopic (exact) mass is 248 g/mol. The van der Waals surface area contributed by atoms with Crippen molar-refractivity contribution in [2.24, 2.45) is 5.92 Å². The summed E-state index contributed by atoms with van der Waals surface area (Å²) in [7, 11) is 0. The minimum atomic E-state index is -0.333. The van der Waals surface area contributed by atoms with Crippen LogP contribution in [-0.2, 0) is 14.4 Å². The molecule has 0 aliphatic carbocycles. The second-order valence-corrected chi connectivity index (χ2v) is 4.02. The number of carbonyl (C=O) groups is 3. The van der Waals surface area contributed by atoms with E-state index in [1.165, 1.54) is 13.8 Å². The van der Waals surface area contributed by atoms with Crippen molar-refractivity contribution >= 4 is 17.3 Å². The quantitative estimate of drug-likeness (QED) is 0.766. The highest BCUT2D eigenvalue weighted by Crippen LogP contribution is 1.97. The van der Waals surface area contributed by atoms with Gasteiger partial charge >= 0.3 is 0 Å². The summed E-state index contributed by atoms with van der Waals surface area (Å²) in [6.45, 7) is 7.71. The predicted octanol–water partition coefficient (Wildman–Crippen LogP) is 0.757. The van der Waals surface area contributed by atoms with Crippen LogP contribution in [0, 0.1) is 5.92 Å². The zero-order valence-electron chi connectivity index (χ0n) is 11.3. The summed E-state index contributed by atoms with van der Waals surface area (Å²) < 4.78 is 0. The Morgan fingerprint density at radius 1 is 0.824 bits per heavy atom. The van der Waals surface area contributed by atoms with Gasteiger partial charge in [-0.25, -0.2) is 0 Å². The van der Waals surface area contributed by atoms with Crippen LogP contribution in [0.4, 0.5) is 0 Å². The number of Topliss-reactive ketones (excluding diaryl/α,β-unsaturated/α-hetero) is 3. The maximum atomic E-state index is 10.3. The van der Waals surface area contributed by atoms with Crippen LogP contribution in [0.15, 0.2) is 0 Å². The van der Waals surface area contributed by atoms with Crippen LogP contribution in [0.3, 0.4) is 0 Å². The first-order chi connectivity index (χ1) is 7.67. The lowest BCUT2D eigenvalue weighted by Crippen LogP contribution is -1.95. The van der Waals surface area contributed by atoms with Crippen molar-refractivity contribution in [2.75, 3.05) is 13.2 Å². The Balaban J connectivity index is -0.000000177. The normalized spacial score (nSPS) is 8.47. The van der Waals surface area contributed by atoms with Crippen molar-refractivity contribution in [2.45, 2.75) is 41.0 Å². The summed E-state index contributed by atoms with van der Waals surface area (Å²) in [5, 5.41) is 15.6. The van der Waals surface area contributed by atoms with Crippen LogP contribution in [0.25, 0.3) is 0 Å². The van der Waals surface area contributed by atoms with Gasteiger partial charge in [-0.05, 0) is 26.7 Å². The average molecular weight is 248 g/mol. The summed E-state index contributed by atoms with van der Waals surface area (Å²) in [4.78, 5) is 29.4. The third kappa shape index (κ3) is 52.0. The van der Waals surface area contributed by atoms with E-state index >= 15 is 0 Å². The standard InChI is InChI=1S/C6H12O.2C3H6O2/c1-5(2)4-6(3)7;2*1-3(5)2-4/h5H,4H2,1-3H3;2*4H,2H2,1H3. The van der Waals surface area contributed by atoms with Crippen LogP contribution in [0.2, 0.25) is 0 Å². The lowest BCUT2D eigenvalue weighted by Gasteiger charge is -1.95. The molecule has 5 nitrogen and oxygen atoms in total. The predicted molar refractivity (Wildman–Crippen MR) is 65.7 cm³/mol. The summed E-state index contributed by atoms with van der Waals surface area (Å²) in [5.41, 5.74) is 0. The molecule has 5 heteroatoms. The highest BCUT2D eigenvalue weighted by Gasteiger charge is 1.95. The van der Waals surface area contributed by atoms with Crippen molar-refractivity contribution in [3.05, 3.63) is 0 Å². The maximum absolute atomic E-state index is 10.3. The molecule has 0 radical (unpaired) electrons. The summed E-state index contributed by atoms with van der Waals surface area (Å²) in [6, 6.07) is 0. The molecule has 0 saturated heterocycles. The smallest absolute Gasteiger partial charge is 0.155 e. The van der Waals surface area contributed by atoms with E-state index < -0.39 is 0 Å². The molecule has 0 aromatic carbocycles. The number of carbonyl (C=O) groups excluding carboxylic acids is 3. The number of aliphatic hydroxyl groups excluding tert-OH is 2. The number of hydrogen-bond donors (Lipinski definition) is 2. The zero-order chi connectivity index (χ0) is 14.4. The highest BCUT2D eigenvalue weighted by atomic mass is 16.3. The van der Waals surface area contributed by atoms with Crippen molar-refractivity contribution in [1.29, 1.82) is 0 Å². The summed E-state index contributed by atoms with van der Waals surface area (Å²) in [6.07, 6.45) is 0.722. The van der Waals surface area contributed by atoms with Gasteiger partial charge in [0.25, 0.3) is 0 Å². The number of rotatable bonds is 4. The summed E-state index contributed by atoms with van der Waals surface area (Å²) in [5.74, 6) is 0.433. The summed E-state index contributed by atoms with van der Waals surface area (Å²) >= 11 is 0. The van der Waals surface area contributed by atoms with Gasteiger partial charge in [0.05, 0.1) is 0 Å². The molecule has 0 aliphatic rings. The minimum Gasteiger partial charge on any atom is -0.389 e. The van der Waals surface area contributed by atoms with Crippen LogP contribution in [0.5, 0.6) is 0 Å². The fraction of sp³-hybridized carbons (Fsp3) is 0.750. The SMILES string of the molecule is CC(=O)CC(C)C.CC(=O)CO.CC(=O)CO. The number of aliphatic hydroxyl groups is 2. The zero-order valence-corrected chi connectivity index (χ0v) is 11.3. The van der Waals surface area contributed by atoms with Crippen LogP contribution in [0.1, 0.15) is 41.0 Å². The largest absolute Gasteiger partial charge is 0.389 e. The second kappa shape index (κ2) is 14.9. The van der Waals surface area contributed by atoms with Gasteiger partial charge in [0.2, 0.25) is 0 Å². The van der Waals surface area contributed by atoms with Gasteiger partial charge in [0.1, 0.15) is 19.0 Å². The van der Waals surface area contributed by atoms with Crippen LogP contribution < -0.4 is 0 Å². The van der Waals surface area contributed by atoms with Gasteiger partial charge in [-0.3, -0.25) is 9.59 Å². The van der Waals surface area contributed by atoms with Crippen molar-refractivity contribution < 1.29 is 24.6 Å². The van der Waals surface area contributed by atoms with Gasteiger partial charge in [-0.15, -0.1) is 0 Å². The number of ketones is 3. The molecule has 0 bridgehead atoms. The molecule has 17 heavy (non-hydrogen) atoms. The highest BCUT2D eigenvalue weighted by molar-refractivity contribution is 5.76. The fourth-order valence-corrected chi connectivity index (χ4v) is 0.575. The van der Waals surface area contributed by atoms with E-state index in [1.54, 1.807) is 6.92 Å². The molecule has 0 aromatic rings. The van der Waals surface area contributed by atoms with E-state index in [1.807, 2.05) is 13.8 Å². The topological polar surface area (TPSA) is 91.7 Å². The third-order valence-electron chi connectivity index (χ3n) is 1.14. The average Bonchev–Trinajstić information content (AvgIpc) is 2.17. The van der Waals surface area contributed by atoms with Gasteiger partial charge in [-0.1, -0.05) is 13.8 Å². The maximum Gasteiger partial charge on any atom is 0.155 e. The first kappa shape index (κ1) is 21.2. The second-order valence-electron chi connectivity index (χ2n) is 4.02.